The van der Waals surface area contributed by atoms with E-state index in [0.717, 1.165) is 36.2 Å². The summed E-state index contributed by atoms with van der Waals surface area (Å²) in [7, 11) is 0. The van der Waals surface area contributed by atoms with E-state index >= 15 is 0 Å². The van der Waals surface area contributed by atoms with Crippen LogP contribution in [-0.4, -0.2) is 30.5 Å². The SMILES string of the molecule is O=c1ccc(-c2noc(C3CCc4n[nH]nc4C3)n2)c[nH]1. The lowest BCUT2D eigenvalue weighted by atomic mass is 9.90. The van der Waals surface area contributed by atoms with E-state index in [0.29, 0.717) is 11.7 Å². The van der Waals surface area contributed by atoms with Gasteiger partial charge in [0.25, 0.3) is 0 Å². The molecule has 0 fully saturated rings. The van der Waals surface area contributed by atoms with E-state index in [1.165, 1.54) is 6.07 Å². The van der Waals surface area contributed by atoms with Gasteiger partial charge in [0.05, 0.1) is 11.4 Å². The van der Waals surface area contributed by atoms with Crippen LogP contribution in [-0.2, 0) is 12.8 Å². The van der Waals surface area contributed by atoms with Crippen molar-refractivity contribution in [2.75, 3.05) is 0 Å². The molecule has 1 atom stereocenters. The predicted octanol–water partition coefficient (Wildman–Crippen LogP) is 0.815. The van der Waals surface area contributed by atoms with E-state index in [2.05, 4.69) is 30.5 Å². The van der Waals surface area contributed by atoms with Crippen LogP contribution in [0.3, 0.4) is 0 Å². The van der Waals surface area contributed by atoms with Crippen LogP contribution in [0.1, 0.15) is 29.6 Å². The molecule has 0 saturated heterocycles. The van der Waals surface area contributed by atoms with Gasteiger partial charge in [-0.1, -0.05) is 5.16 Å². The lowest BCUT2D eigenvalue weighted by molar-refractivity contribution is 0.339. The van der Waals surface area contributed by atoms with Crippen molar-refractivity contribution in [1.29, 1.82) is 0 Å². The smallest absolute Gasteiger partial charge is 0.247 e. The highest BCUT2D eigenvalue weighted by molar-refractivity contribution is 5.51. The molecule has 21 heavy (non-hydrogen) atoms. The fourth-order valence-corrected chi connectivity index (χ4v) is 2.56. The Hall–Kier alpha value is -2.77. The molecule has 3 heterocycles. The van der Waals surface area contributed by atoms with Gasteiger partial charge in [0.15, 0.2) is 0 Å². The first-order chi connectivity index (χ1) is 10.3. The maximum atomic E-state index is 11.1. The van der Waals surface area contributed by atoms with E-state index in [9.17, 15) is 4.79 Å². The molecule has 3 aromatic heterocycles. The number of H-pyrrole nitrogens is 2. The zero-order valence-corrected chi connectivity index (χ0v) is 11.0. The van der Waals surface area contributed by atoms with Crippen molar-refractivity contribution in [2.24, 2.45) is 0 Å². The zero-order chi connectivity index (χ0) is 14.2. The van der Waals surface area contributed by atoms with E-state index in [-0.39, 0.29) is 11.5 Å². The molecule has 0 radical (unpaired) electrons. The maximum absolute atomic E-state index is 11.1. The first-order valence-corrected chi connectivity index (χ1v) is 6.71. The molecule has 0 spiro atoms. The van der Waals surface area contributed by atoms with E-state index in [1.54, 1.807) is 12.3 Å². The first-order valence-electron chi connectivity index (χ1n) is 6.71. The van der Waals surface area contributed by atoms with Gasteiger partial charge in [-0.15, -0.1) is 0 Å². The van der Waals surface area contributed by atoms with Crippen LogP contribution in [0.25, 0.3) is 11.4 Å². The van der Waals surface area contributed by atoms with Crippen LogP contribution in [0, 0.1) is 0 Å². The lowest BCUT2D eigenvalue weighted by Crippen LogP contribution is -2.13. The standard InChI is InChI=1S/C13H12N6O2/c20-11-4-2-8(6-14-11)12-15-13(21-18-12)7-1-3-9-10(5-7)17-19-16-9/h2,4,6-7H,1,3,5H2,(H,14,20)(H,16,17,19). The molecular weight excluding hydrogens is 272 g/mol. The summed E-state index contributed by atoms with van der Waals surface area (Å²) in [6.07, 6.45) is 4.09. The van der Waals surface area contributed by atoms with Crippen molar-refractivity contribution in [1.82, 2.24) is 30.5 Å². The van der Waals surface area contributed by atoms with E-state index in [4.69, 9.17) is 4.52 Å². The summed E-state index contributed by atoms with van der Waals surface area (Å²) in [4.78, 5) is 18.1. The van der Waals surface area contributed by atoms with Gasteiger partial charge >= 0.3 is 0 Å². The van der Waals surface area contributed by atoms with Gasteiger partial charge in [-0.05, 0) is 18.9 Å². The highest BCUT2D eigenvalue weighted by Crippen LogP contribution is 2.30. The third-order valence-corrected chi connectivity index (χ3v) is 3.71. The van der Waals surface area contributed by atoms with Crippen LogP contribution < -0.4 is 5.56 Å². The Labute approximate surface area is 118 Å². The number of fused-ring (bicyclic) bond motifs is 1. The molecule has 2 N–H and O–H groups in total. The summed E-state index contributed by atoms with van der Waals surface area (Å²) in [6, 6.07) is 3.11. The summed E-state index contributed by atoms with van der Waals surface area (Å²) >= 11 is 0. The van der Waals surface area contributed by atoms with Crippen molar-refractivity contribution >= 4 is 0 Å². The normalized spacial score (nSPS) is 17.6. The minimum atomic E-state index is -0.159. The number of pyridine rings is 1. The number of rotatable bonds is 2. The van der Waals surface area contributed by atoms with Gasteiger partial charge in [0.1, 0.15) is 0 Å². The second-order valence-electron chi connectivity index (χ2n) is 5.05. The molecule has 106 valence electrons. The summed E-state index contributed by atoms with van der Waals surface area (Å²) < 4.78 is 5.37. The molecule has 1 unspecified atom stereocenters. The van der Waals surface area contributed by atoms with Crippen molar-refractivity contribution < 1.29 is 4.52 Å². The van der Waals surface area contributed by atoms with E-state index in [1.807, 2.05) is 0 Å². The second kappa shape index (κ2) is 4.65. The molecule has 0 amide bonds. The fraction of sp³-hybridized carbons (Fsp3) is 0.308. The monoisotopic (exact) mass is 284 g/mol. The van der Waals surface area contributed by atoms with Crippen molar-refractivity contribution in [3.05, 3.63) is 46.0 Å². The van der Waals surface area contributed by atoms with Crippen molar-refractivity contribution in [3.8, 4) is 11.4 Å². The molecule has 3 aromatic rings. The Balaban J connectivity index is 1.60. The molecule has 1 aliphatic rings. The predicted molar refractivity (Wildman–Crippen MR) is 71.5 cm³/mol. The summed E-state index contributed by atoms with van der Waals surface area (Å²) in [5.74, 6) is 1.24. The van der Waals surface area contributed by atoms with Crippen molar-refractivity contribution in [2.45, 2.75) is 25.2 Å². The molecule has 1 aliphatic carbocycles. The molecule has 0 aliphatic heterocycles. The molecular formula is C13H12N6O2. The Bertz CT molecular complexity index is 813. The van der Waals surface area contributed by atoms with Crippen LogP contribution >= 0.6 is 0 Å². The molecule has 4 rings (SSSR count). The average Bonchev–Trinajstić information content (AvgIpc) is 3.16. The third kappa shape index (κ3) is 2.14. The summed E-state index contributed by atoms with van der Waals surface area (Å²) in [6.45, 7) is 0. The topological polar surface area (TPSA) is 113 Å². The average molecular weight is 284 g/mol. The Morgan fingerprint density at radius 3 is 3.00 bits per heavy atom. The number of aromatic amines is 2. The van der Waals surface area contributed by atoms with Gasteiger partial charge < -0.3 is 9.51 Å². The molecule has 0 saturated carbocycles. The minimum absolute atomic E-state index is 0.159. The van der Waals surface area contributed by atoms with Gasteiger partial charge in [-0.25, -0.2) is 0 Å². The zero-order valence-electron chi connectivity index (χ0n) is 11.0. The number of aromatic nitrogens is 6. The van der Waals surface area contributed by atoms with Gasteiger partial charge in [0.2, 0.25) is 17.3 Å². The second-order valence-corrected chi connectivity index (χ2v) is 5.05. The molecule has 0 aromatic carbocycles. The Morgan fingerprint density at radius 1 is 1.24 bits per heavy atom. The highest BCUT2D eigenvalue weighted by Gasteiger charge is 2.27. The molecule has 0 bridgehead atoms. The largest absolute Gasteiger partial charge is 0.339 e. The first kappa shape index (κ1) is 12.0. The maximum Gasteiger partial charge on any atom is 0.247 e. The lowest BCUT2D eigenvalue weighted by Gasteiger charge is -2.15. The third-order valence-electron chi connectivity index (χ3n) is 3.71. The number of nitrogens with zero attached hydrogens (tertiary/aromatic N) is 4. The van der Waals surface area contributed by atoms with Crippen LogP contribution in [0.4, 0.5) is 0 Å². The number of hydrogen-bond donors (Lipinski definition) is 2. The highest BCUT2D eigenvalue weighted by atomic mass is 16.5. The molecule has 8 heteroatoms. The Morgan fingerprint density at radius 2 is 2.14 bits per heavy atom. The number of hydrogen-bond acceptors (Lipinski definition) is 6. The fourth-order valence-electron chi connectivity index (χ4n) is 2.56. The summed E-state index contributed by atoms with van der Waals surface area (Å²) in [5.41, 5.74) is 2.55. The van der Waals surface area contributed by atoms with E-state index < -0.39 is 0 Å². The van der Waals surface area contributed by atoms with Crippen molar-refractivity contribution in [3.63, 3.8) is 0 Å². The van der Waals surface area contributed by atoms with Gasteiger partial charge in [-0.3, -0.25) is 4.79 Å². The quantitative estimate of drug-likeness (QED) is 0.720. The molecule has 8 nitrogen and oxygen atoms in total. The Kier molecular flexibility index (Phi) is 2.66. The van der Waals surface area contributed by atoms with Gasteiger partial charge in [-0.2, -0.15) is 20.4 Å². The van der Waals surface area contributed by atoms with Crippen LogP contribution in [0.2, 0.25) is 0 Å². The number of nitrogens with one attached hydrogen (secondary N) is 2. The van der Waals surface area contributed by atoms with Crippen LogP contribution in [0.15, 0.2) is 27.6 Å². The van der Waals surface area contributed by atoms with Gasteiger partial charge in [0, 0.05) is 30.2 Å². The van der Waals surface area contributed by atoms with Crippen LogP contribution in [0.5, 0.6) is 0 Å². The number of aryl methyl sites for hydroxylation is 1. The minimum Gasteiger partial charge on any atom is -0.339 e. The summed E-state index contributed by atoms with van der Waals surface area (Å²) in [5, 5.41) is 14.9.